The smallest absolute Gasteiger partial charge is 0.326 e. The van der Waals surface area contributed by atoms with Crippen molar-refractivity contribution in [2.75, 3.05) is 6.54 Å². The summed E-state index contributed by atoms with van der Waals surface area (Å²) in [5, 5.41) is 9.31. The first-order valence-corrected chi connectivity index (χ1v) is 7.25. The number of carboxylic acid groups (broad SMARTS) is 1. The third-order valence-corrected chi connectivity index (χ3v) is 4.05. The van der Waals surface area contributed by atoms with Crippen LogP contribution in [-0.4, -0.2) is 34.5 Å². The molecule has 2 atom stereocenters. The predicted octanol–water partition coefficient (Wildman–Crippen LogP) is 2.47. The van der Waals surface area contributed by atoms with Gasteiger partial charge in [0.15, 0.2) is 0 Å². The maximum Gasteiger partial charge on any atom is 0.326 e. The van der Waals surface area contributed by atoms with Gasteiger partial charge in [-0.2, -0.15) is 0 Å². The number of benzene rings is 1. The fraction of sp³-hybridized carbons (Fsp3) is 0.500. The predicted molar refractivity (Wildman–Crippen MR) is 76.3 cm³/mol. The molecule has 1 aliphatic rings. The lowest BCUT2D eigenvalue weighted by Crippen LogP contribution is -2.51. The number of amides is 1. The molecule has 1 aliphatic heterocycles. The van der Waals surface area contributed by atoms with Gasteiger partial charge < -0.3 is 10.0 Å². The van der Waals surface area contributed by atoms with E-state index in [-0.39, 0.29) is 24.1 Å². The third kappa shape index (κ3) is 3.80. The van der Waals surface area contributed by atoms with Gasteiger partial charge in [0, 0.05) is 13.0 Å². The maximum atomic E-state index is 12.8. The van der Waals surface area contributed by atoms with Crippen LogP contribution in [0.4, 0.5) is 4.39 Å². The molecule has 1 aromatic carbocycles. The molecule has 5 heteroatoms. The number of aliphatic carboxylic acids is 1. The molecule has 2 rings (SSSR count). The highest BCUT2D eigenvalue weighted by molar-refractivity contribution is 5.84. The summed E-state index contributed by atoms with van der Waals surface area (Å²) in [6, 6.07) is 5.30. The van der Waals surface area contributed by atoms with Gasteiger partial charge in [-0.25, -0.2) is 9.18 Å². The summed E-state index contributed by atoms with van der Waals surface area (Å²) in [4.78, 5) is 25.1. The molecule has 21 heavy (non-hydrogen) atoms. The summed E-state index contributed by atoms with van der Waals surface area (Å²) in [7, 11) is 0. The van der Waals surface area contributed by atoms with Crippen molar-refractivity contribution in [2.24, 2.45) is 5.92 Å². The molecule has 1 fully saturated rings. The molecule has 1 amide bonds. The highest BCUT2D eigenvalue weighted by Crippen LogP contribution is 2.24. The molecular weight excluding hydrogens is 273 g/mol. The van der Waals surface area contributed by atoms with Crippen LogP contribution in [0.25, 0.3) is 0 Å². The molecular formula is C16H20FNO3. The number of nitrogens with zero attached hydrogens (tertiary/aromatic N) is 1. The average Bonchev–Trinajstić information content (AvgIpc) is 2.45. The van der Waals surface area contributed by atoms with Crippen molar-refractivity contribution in [3.8, 4) is 0 Å². The van der Waals surface area contributed by atoms with Crippen LogP contribution in [0.15, 0.2) is 24.3 Å². The number of hydrogen-bond acceptors (Lipinski definition) is 2. The number of carboxylic acids is 1. The summed E-state index contributed by atoms with van der Waals surface area (Å²) >= 11 is 0. The largest absolute Gasteiger partial charge is 0.480 e. The monoisotopic (exact) mass is 293 g/mol. The lowest BCUT2D eigenvalue weighted by Gasteiger charge is -2.37. The van der Waals surface area contributed by atoms with Crippen LogP contribution in [-0.2, 0) is 16.0 Å². The van der Waals surface area contributed by atoms with Crippen molar-refractivity contribution in [2.45, 2.75) is 38.6 Å². The zero-order valence-electron chi connectivity index (χ0n) is 12.1. The summed E-state index contributed by atoms with van der Waals surface area (Å²) in [5.41, 5.74) is 0.877. The Balaban J connectivity index is 1.98. The SMILES string of the molecule is CC1CCCN(C(=O)CCc2ccc(F)cc2)C1C(=O)O. The molecule has 1 N–H and O–H groups in total. The molecule has 0 aliphatic carbocycles. The second-order valence-electron chi connectivity index (χ2n) is 5.62. The molecule has 0 bridgehead atoms. The molecule has 0 saturated carbocycles. The van der Waals surface area contributed by atoms with Crippen molar-refractivity contribution in [1.29, 1.82) is 0 Å². The van der Waals surface area contributed by atoms with E-state index in [0.717, 1.165) is 18.4 Å². The van der Waals surface area contributed by atoms with Gasteiger partial charge in [-0.15, -0.1) is 0 Å². The topological polar surface area (TPSA) is 57.6 Å². The van der Waals surface area contributed by atoms with Crippen LogP contribution >= 0.6 is 0 Å². The van der Waals surface area contributed by atoms with E-state index in [1.165, 1.54) is 17.0 Å². The van der Waals surface area contributed by atoms with Crippen LogP contribution in [0.5, 0.6) is 0 Å². The number of likely N-dealkylation sites (tertiary alicyclic amines) is 1. The van der Waals surface area contributed by atoms with Gasteiger partial charge in [0.05, 0.1) is 0 Å². The zero-order chi connectivity index (χ0) is 15.4. The van der Waals surface area contributed by atoms with Gasteiger partial charge >= 0.3 is 5.97 Å². The van der Waals surface area contributed by atoms with Gasteiger partial charge in [0.2, 0.25) is 5.91 Å². The van der Waals surface area contributed by atoms with Gasteiger partial charge in [0.1, 0.15) is 11.9 Å². The van der Waals surface area contributed by atoms with Crippen LogP contribution < -0.4 is 0 Å². The highest BCUT2D eigenvalue weighted by atomic mass is 19.1. The van der Waals surface area contributed by atoms with E-state index >= 15 is 0 Å². The Hall–Kier alpha value is -1.91. The van der Waals surface area contributed by atoms with E-state index in [9.17, 15) is 19.1 Å². The Bertz CT molecular complexity index is 515. The lowest BCUT2D eigenvalue weighted by atomic mass is 9.90. The number of rotatable bonds is 4. The molecule has 1 heterocycles. The minimum Gasteiger partial charge on any atom is -0.480 e. The van der Waals surface area contributed by atoms with E-state index < -0.39 is 12.0 Å². The summed E-state index contributed by atoms with van der Waals surface area (Å²) in [5.74, 6) is -1.40. The molecule has 1 aromatic rings. The Morgan fingerprint density at radius 2 is 2.00 bits per heavy atom. The van der Waals surface area contributed by atoms with E-state index in [1.807, 2.05) is 6.92 Å². The van der Waals surface area contributed by atoms with Crippen molar-refractivity contribution < 1.29 is 19.1 Å². The Labute approximate surface area is 123 Å². The normalized spacial score (nSPS) is 22.1. The number of piperidine rings is 1. The Morgan fingerprint density at radius 3 is 2.62 bits per heavy atom. The number of halogens is 1. The maximum absolute atomic E-state index is 12.8. The Morgan fingerprint density at radius 1 is 1.33 bits per heavy atom. The van der Waals surface area contributed by atoms with Crippen molar-refractivity contribution in [3.05, 3.63) is 35.6 Å². The number of carbonyl (C=O) groups excluding carboxylic acids is 1. The summed E-state index contributed by atoms with van der Waals surface area (Å²) in [6.45, 7) is 2.38. The van der Waals surface area contributed by atoms with Crippen LogP contribution in [0.3, 0.4) is 0 Å². The number of carbonyl (C=O) groups is 2. The van der Waals surface area contributed by atoms with Crippen molar-refractivity contribution in [1.82, 2.24) is 4.90 Å². The Kier molecular flexibility index (Phi) is 4.94. The third-order valence-electron chi connectivity index (χ3n) is 4.05. The second-order valence-corrected chi connectivity index (χ2v) is 5.62. The van der Waals surface area contributed by atoms with Crippen LogP contribution in [0, 0.1) is 11.7 Å². The molecule has 1 saturated heterocycles. The van der Waals surface area contributed by atoms with Crippen LogP contribution in [0.1, 0.15) is 31.7 Å². The van der Waals surface area contributed by atoms with Crippen molar-refractivity contribution >= 4 is 11.9 Å². The minimum atomic E-state index is -0.933. The van der Waals surface area contributed by atoms with E-state index in [4.69, 9.17) is 0 Å². The summed E-state index contributed by atoms with van der Waals surface area (Å²) < 4.78 is 12.8. The first-order chi connectivity index (χ1) is 9.99. The second kappa shape index (κ2) is 6.70. The van der Waals surface area contributed by atoms with E-state index in [0.29, 0.717) is 13.0 Å². The van der Waals surface area contributed by atoms with Crippen molar-refractivity contribution in [3.63, 3.8) is 0 Å². The zero-order valence-corrected chi connectivity index (χ0v) is 12.1. The quantitative estimate of drug-likeness (QED) is 0.927. The molecule has 0 radical (unpaired) electrons. The minimum absolute atomic E-state index is 0.0222. The van der Waals surface area contributed by atoms with Gasteiger partial charge in [0.25, 0.3) is 0 Å². The van der Waals surface area contributed by atoms with Gasteiger partial charge in [-0.1, -0.05) is 19.1 Å². The molecule has 4 nitrogen and oxygen atoms in total. The summed E-state index contributed by atoms with van der Waals surface area (Å²) in [6.07, 6.45) is 2.42. The molecule has 2 unspecified atom stereocenters. The standard InChI is InChI=1S/C16H20FNO3/c1-11-3-2-10-18(15(11)16(20)21)14(19)9-6-12-4-7-13(17)8-5-12/h4-5,7-8,11,15H,2-3,6,9-10H2,1H3,(H,20,21). The molecule has 114 valence electrons. The van der Waals surface area contributed by atoms with Crippen LogP contribution in [0.2, 0.25) is 0 Å². The highest BCUT2D eigenvalue weighted by Gasteiger charge is 2.36. The van der Waals surface area contributed by atoms with E-state index in [2.05, 4.69) is 0 Å². The van der Waals surface area contributed by atoms with Gasteiger partial charge in [-0.3, -0.25) is 4.79 Å². The fourth-order valence-electron chi connectivity index (χ4n) is 2.89. The average molecular weight is 293 g/mol. The first kappa shape index (κ1) is 15.5. The molecule has 0 aromatic heterocycles. The van der Waals surface area contributed by atoms with Gasteiger partial charge in [-0.05, 0) is 42.9 Å². The first-order valence-electron chi connectivity index (χ1n) is 7.25. The fourth-order valence-corrected chi connectivity index (χ4v) is 2.89. The van der Waals surface area contributed by atoms with E-state index in [1.54, 1.807) is 12.1 Å². The number of aryl methyl sites for hydroxylation is 1. The lowest BCUT2D eigenvalue weighted by molar-refractivity contribution is -0.154. The number of hydrogen-bond donors (Lipinski definition) is 1. The molecule has 0 spiro atoms.